The molecule has 0 bridgehead atoms. The Morgan fingerprint density at radius 3 is 2.93 bits per heavy atom. The van der Waals surface area contributed by atoms with Crippen LogP contribution in [0.4, 0.5) is 0 Å². The fourth-order valence-corrected chi connectivity index (χ4v) is 2.11. The van der Waals surface area contributed by atoms with Gasteiger partial charge in [0.05, 0.1) is 12.5 Å². The SMILES string of the molecule is CC(CN(C)Cc1ccoc1)C1CNC1. The maximum absolute atomic E-state index is 5.06. The quantitative estimate of drug-likeness (QED) is 0.796. The van der Waals surface area contributed by atoms with Crippen molar-refractivity contribution in [3.63, 3.8) is 0 Å². The van der Waals surface area contributed by atoms with Gasteiger partial charge >= 0.3 is 0 Å². The van der Waals surface area contributed by atoms with Gasteiger partial charge in [0.2, 0.25) is 0 Å². The Morgan fingerprint density at radius 1 is 1.60 bits per heavy atom. The molecule has 3 nitrogen and oxygen atoms in total. The first-order valence-electron chi connectivity index (χ1n) is 5.66. The number of furan rings is 1. The molecule has 1 aliphatic heterocycles. The minimum atomic E-state index is 0.781. The number of hydrogen-bond donors (Lipinski definition) is 1. The molecule has 1 atom stereocenters. The minimum Gasteiger partial charge on any atom is -0.472 e. The minimum absolute atomic E-state index is 0.781. The topological polar surface area (TPSA) is 28.4 Å². The molecule has 2 heterocycles. The summed E-state index contributed by atoms with van der Waals surface area (Å²) in [5, 5.41) is 3.33. The molecule has 84 valence electrons. The summed E-state index contributed by atoms with van der Waals surface area (Å²) in [5.74, 6) is 1.65. The zero-order valence-electron chi connectivity index (χ0n) is 9.57. The zero-order chi connectivity index (χ0) is 10.7. The molecule has 1 aromatic heterocycles. The monoisotopic (exact) mass is 208 g/mol. The van der Waals surface area contributed by atoms with Crippen LogP contribution in [-0.2, 0) is 6.54 Å². The summed E-state index contributed by atoms with van der Waals surface area (Å²) in [5.41, 5.74) is 1.26. The number of hydrogen-bond acceptors (Lipinski definition) is 3. The van der Waals surface area contributed by atoms with Crippen molar-refractivity contribution >= 4 is 0 Å². The number of rotatable bonds is 5. The van der Waals surface area contributed by atoms with Gasteiger partial charge in [-0.05, 0) is 38.0 Å². The lowest BCUT2D eigenvalue weighted by atomic mass is 9.88. The van der Waals surface area contributed by atoms with Crippen LogP contribution in [0, 0.1) is 11.8 Å². The molecule has 1 unspecified atom stereocenters. The van der Waals surface area contributed by atoms with Gasteiger partial charge in [0, 0.05) is 18.7 Å². The van der Waals surface area contributed by atoms with Crippen molar-refractivity contribution in [3.05, 3.63) is 24.2 Å². The van der Waals surface area contributed by atoms with Crippen LogP contribution in [0.1, 0.15) is 12.5 Å². The maximum atomic E-state index is 5.06. The first-order valence-corrected chi connectivity index (χ1v) is 5.66. The summed E-state index contributed by atoms with van der Waals surface area (Å²) in [6, 6.07) is 2.03. The fourth-order valence-electron chi connectivity index (χ4n) is 2.11. The Kier molecular flexibility index (Phi) is 3.44. The molecule has 15 heavy (non-hydrogen) atoms. The number of nitrogens with one attached hydrogen (secondary N) is 1. The summed E-state index contributed by atoms with van der Waals surface area (Å²) in [4.78, 5) is 2.37. The summed E-state index contributed by atoms with van der Waals surface area (Å²) < 4.78 is 5.06. The fraction of sp³-hybridized carbons (Fsp3) is 0.667. The lowest BCUT2D eigenvalue weighted by molar-refractivity contribution is 0.182. The van der Waals surface area contributed by atoms with E-state index in [2.05, 4.69) is 24.2 Å². The van der Waals surface area contributed by atoms with Gasteiger partial charge in [-0.3, -0.25) is 0 Å². The van der Waals surface area contributed by atoms with Crippen molar-refractivity contribution in [2.24, 2.45) is 11.8 Å². The molecule has 0 aliphatic carbocycles. The van der Waals surface area contributed by atoms with Crippen LogP contribution in [0.15, 0.2) is 23.0 Å². The first-order chi connectivity index (χ1) is 7.25. The van der Waals surface area contributed by atoms with Gasteiger partial charge < -0.3 is 14.6 Å². The third-order valence-corrected chi connectivity index (χ3v) is 3.25. The summed E-state index contributed by atoms with van der Waals surface area (Å²) >= 11 is 0. The third kappa shape index (κ3) is 2.83. The standard InChI is InChI=1S/C12H20N2O/c1-10(12-5-13-6-12)7-14(2)8-11-3-4-15-9-11/h3-4,9-10,12-13H,5-8H2,1-2H3. The molecule has 1 aromatic rings. The molecule has 0 aromatic carbocycles. The molecule has 1 aliphatic rings. The van der Waals surface area contributed by atoms with E-state index in [0.29, 0.717) is 0 Å². The largest absolute Gasteiger partial charge is 0.472 e. The second-order valence-electron chi connectivity index (χ2n) is 4.72. The van der Waals surface area contributed by atoms with Gasteiger partial charge in [-0.15, -0.1) is 0 Å². The highest BCUT2D eigenvalue weighted by Crippen LogP contribution is 2.17. The van der Waals surface area contributed by atoms with Crippen LogP contribution in [0.5, 0.6) is 0 Å². The normalized spacial score (nSPS) is 19.1. The third-order valence-electron chi connectivity index (χ3n) is 3.25. The second kappa shape index (κ2) is 4.81. The van der Waals surface area contributed by atoms with Crippen molar-refractivity contribution in [3.8, 4) is 0 Å². The average molecular weight is 208 g/mol. The van der Waals surface area contributed by atoms with E-state index in [9.17, 15) is 0 Å². The van der Waals surface area contributed by atoms with Crippen molar-refractivity contribution in [2.45, 2.75) is 13.5 Å². The van der Waals surface area contributed by atoms with E-state index in [0.717, 1.165) is 24.9 Å². The Balaban J connectivity index is 1.74. The van der Waals surface area contributed by atoms with Crippen LogP contribution in [-0.4, -0.2) is 31.6 Å². The molecular formula is C12H20N2O. The Hall–Kier alpha value is -0.800. The van der Waals surface area contributed by atoms with Gasteiger partial charge in [-0.2, -0.15) is 0 Å². The lowest BCUT2D eigenvalue weighted by Crippen LogP contribution is -2.47. The Bertz CT molecular complexity index is 280. The van der Waals surface area contributed by atoms with E-state index in [-0.39, 0.29) is 0 Å². The molecule has 0 spiro atoms. The summed E-state index contributed by atoms with van der Waals surface area (Å²) in [7, 11) is 2.18. The Morgan fingerprint density at radius 2 is 2.40 bits per heavy atom. The van der Waals surface area contributed by atoms with Gasteiger partial charge in [0.1, 0.15) is 0 Å². The average Bonchev–Trinajstić information content (AvgIpc) is 2.52. The van der Waals surface area contributed by atoms with Crippen LogP contribution < -0.4 is 5.32 Å². The first kappa shape index (κ1) is 10.7. The van der Waals surface area contributed by atoms with E-state index in [4.69, 9.17) is 4.42 Å². The van der Waals surface area contributed by atoms with Crippen molar-refractivity contribution < 1.29 is 4.42 Å². The molecule has 1 N–H and O–H groups in total. The lowest BCUT2D eigenvalue weighted by Gasteiger charge is -2.34. The van der Waals surface area contributed by atoms with E-state index < -0.39 is 0 Å². The highest BCUT2D eigenvalue weighted by molar-refractivity contribution is 5.04. The smallest absolute Gasteiger partial charge is 0.0947 e. The summed E-state index contributed by atoms with van der Waals surface area (Å²) in [6.07, 6.45) is 3.56. The molecule has 0 radical (unpaired) electrons. The molecule has 0 saturated carbocycles. The predicted molar refractivity (Wildman–Crippen MR) is 60.6 cm³/mol. The van der Waals surface area contributed by atoms with Crippen molar-refractivity contribution in [1.82, 2.24) is 10.2 Å². The van der Waals surface area contributed by atoms with Crippen LogP contribution in [0.25, 0.3) is 0 Å². The molecule has 1 saturated heterocycles. The summed E-state index contributed by atoms with van der Waals surface area (Å²) in [6.45, 7) is 6.89. The highest BCUT2D eigenvalue weighted by Gasteiger charge is 2.24. The van der Waals surface area contributed by atoms with E-state index in [1.54, 1.807) is 6.26 Å². The van der Waals surface area contributed by atoms with Gasteiger partial charge in [0.25, 0.3) is 0 Å². The van der Waals surface area contributed by atoms with Crippen LogP contribution in [0.3, 0.4) is 0 Å². The van der Waals surface area contributed by atoms with Crippen LogP contribution >= 0.6 is 0 Å². The van der Waals surface area contributed by atoms with E-state index in [1.165, 1.54) is 18.7 Å². The molecule has 2 rings (SSSR count). The molecular weight excluding hydrogens is 188 g/mol. The van der Waals surface area contributed by atoms with Gasteiger partial charge in [-0.1, -0.05) is 6.92 Å². The second-order valence-corrected chi connectivity index (χ2v) is 4.72. The number of nitrogens with zero attached hydrogens (tertiary/aromatic N) is 1. The molecule has 0 amide bonds. The van der Waals surface area contributed by atoms with E-state index >= 15 is 0 Å². The van der Waals surface area contributed by atoms with Gasteiger partial charge in [0.15, 0.2) is 0 Å². The van der Waals surface area contributed by atoms with Crippen LogP contribution in [0.2, 0.25) is 0 Å². The predicted octanol–water partition coefficient (Wildman–Crippen LogP) is 1.57. The van der Waals surface area contributed by atoms with Gasteiger partial charge in [-0.25, -0.2) is 0 Å². The maximum Gasteiger partial charge on any atom is 0.0947 e. The zero-order valence-corrected chi connectivity index (χ0v) is 9.57. The molecule has 3 heteroatoms. The van der Waals surface area contributed by atoms with Crippen molar-refractivity contribution in [1.29, 1.82) is 0 Å². The van der Waals surface area contributed by atoms with Crippen molar-refractivity contribution in [2.75, 3.05) is 26.7 Å². The highest BCUT2D eigenvalue weighted by atomic mass is 16.3. The van der Waals surface area contributed by atoms with E-state index in [1.807, 2.05) is 12.3 Å². The molecule has 1 fully saturated rings. The Labute approximate surface area is 91.4 Å².